The van der Waals surface area contributed by atoms with Gasteiger partial charge in [0.1, 0.15) is 16.5 Å². The van der Waals surface area contributed by atoms with Gasteiger partial charge in [-0.25, -0.2) is 4.79 Å². The molecule has 1 amide bonds. The van der Waals surface area contributed by atoms with Crippen LogP contribution in [0.4, 0.5) is 11.4 Å². The van der Waals surface area contributed by atoms with Crippen LogP contribution in [-0.2, 0) is 9.53 Å². The Morgan fingerprint density at radius 2 is 1.89 bits per heavy atom. The number of anilines is 2. The van der Waals surface area contributed by atoms with Crippen LogP contribution in [-0.4, -0.2) is 45.3 Å². The molecule has 0 saturated carbocycles. The number of benzene rings is 2. The summed E-state index contributed by atoms with van der Waals surface area (Å²) in [5.74, 6) is -0.469. The first-order chi connectivity index (χ1) is 17.1. The zero-order valence-electron chi connectivity index (χ0n) is 19.0. The van der Waals surface area contributed by atoms with Gasteiger partial charge in [-0.05, 0) is 59.5 Å². The Kier molecular flexibility index (Phi) is 7.77. The number of hydrogen-bond donors (Lipinski definition) is 1. The molecule has 0 bridgehead atoms. The van der Waals surface area contributed by atoms with Crippen LogP contribution in [0, 0.1) is 11.3 Å². The largest absolute Gasteiger partial charge is 0.493 e. The fraction of sp³-hybridized carbons (Fsp3) is 0.192. The molecule has 35 heavy (non-hydrogen) atoms. The van der Waals surface area contributed by atoms with E-state index in [0.29, 0.717) is 35.1 Å². The number of methoxy groups -OCH3 is 1. The van der Waals surface area contributed by atoms with Crippen LogP contribution in [0.3, 0.4) is 0 Å². The minimum absolute atomic E-state index is 0.0763. The molecule has 3 aromatic rings. The molecule has 1 fully saturated rings. The van der Waals surface area contributed by atoms with Gasteiger partial charge in [0, 0.05) is 24.5 Å². The highest BCUT2D eigenvalue weighted by molar-refractivity contribution is 7.12. The number of rotatable bonds is 7. The molecule has 4 rings (SSSR count). The van der Waals surface area contributed by atoms with Gasteiger partial charge in [-0.1, -0.05) is 12.1 Å². The number of esters is 1. The monoisotopic (exact) mass is 489 g/mol. The molecule has 2 aromatic carbocycles. The van der Waals surface area contributed by atoms with Crippen molar-refractivity contribution in [3.63, 3.8) is 0 Å². The SMILES string of the molecule is COc1cc(/C=C(\C#N)C(=O)Nc2ccc(N3CCOCC3)cc2)ccc1OC(=O)c1cccs1. The van der Waals surface area contributed by atoms with E-state index in [2.05, 4.69) is 10.2 Å². The van der Waals surface area contributed by atoms with E-state index >= 15 is 0 Å². The zero-order valence-corrected chi connectivity index (χ0v) is 19.8. The van der Waals surface area contributed by atoms with Crippen LogP contribution in [0.5, 0.6) is 11.5 Å². The molecule has 8 nitrogen and oxygen atoms in total. The lowest BCUT2D eigenvalue weighted by molar-refractivity contribution is -0.112. The third-order valence-electron chi connectivity index (χ3n) is 5.29. The number of morpholine rings is 1. The van der Waals surface area contributed by atoms with Gasteiger partial charge < -0.3 is 24.4 Å². The van der Waals surface area contributed by atoms with Crippen LogP contribution >= 0.6 is 11.3 Å². The Labute approximate surface area is 207 Å². The highest BCUT2D eigenvalue weighted by Gasteiger charge is 2.15. The molecule has 1 aliphatic heterocycles. The van der Waals surface area contributed by atoms with Crippen molar-refractivity contribution in [1.82, 2.24) is 0 Å². The molecule has 2 heterocycles. The van der Waals surface area contributed by atoms with E-state index in [4.69, 9.17) is 14.2 Å². The first kappa shape index (κ1) is 24.0. The molecule has 178 valence electrons. The van der Waals surface area contributed by atoms with E-state index in [0.717, 1.165) is 18.8 Å². The topological polar surface area (TPSA) is 101 Å². The summed E-state index contributed by atoms with van der Waals surface area (Å²) in [5.41, 5.74) is 2.11. The van der Waals surface area contributed by atoms with Crippen LogP contribution in [0.2, 0.25) is 0 Å². The third kappa shape index (κ3) is 6.06. The van der Waals surface area contributed by atoms with Crippen LogP contribution in [0.25, 0.3) is 6.08 Å². The summed E-state index contributed by atoms with van der Waals surface area (Å²) in [6, 6.07) is 17.6. The molecular weight excluding hydrogens is 466 g/mol. The summed E-state index contributed by atoms with van der Waals surface area (Å²) in [6.45, 7) is 3.03. The van der Waals surface area contributed by atoms with Crippen molar-refractivity contribution >= 4 is 40.7 Å². The first-order valence-corrected chi connectivity index (χ1v) is 11.7. The maximum Gasteiger partial charge on any atom is 0.353 e. The molecule has 0 aliphatic carbocycles. The molecule has 1 saturated heterocycles. The van der Waals surface area contributed by atoms with Crippen molar-refractivity contribution in [3.05, 3.63) is 76.0 Å². The fourth-order valence-corrected chi connectivity index (χ4v) is 4.09. The number of nitrogens with zero attached hydrogens (tertiary/aromatic N) is 2. The summed E-state index contributed by atoms with van der Waals surface area (Å²) in [6.07, 6.45) is 1.45. The molecular formula is C26H23N3O5S. The van der Waals surface area contributed by atoms with Crippen molar-refractivity contribution in [3.8, 4) is 17.6 Å². The van der Waals surface area contributed by atoms with Gasteiger partial charge in [0.2, 0.25) is 0 Å². The number of thiophene rings is 1. The Morgan fingerprint density at radius 3 is 2.54 bits per heavy atom. The van der Waals surface area contributed by atoms with Gasteiger partial charge >= 0.3 is 5.97 Å². The first-order valence-electron chi connectivity index (χ1n) is 10.9. The molecule has 0 atom stereocenters. The van der Waals surface area contributed by atoms with Gasteiger partial charge in [-0.3, -0.25) is 4.79 Å². The number of nitriles is 1. The summed E-state index contributed by atoms with van der Waals surface area (Å²) < 4.78 is 16.1. The smallest absolute Gasteiger partial charge is 0.353 e. The Balaban J connectivity index is 1.45. The second kappa shape index (κ2) is 11.3. The molecule has 0 spiro atoms. The highest BCUT2D eigenvalue weighted by atomic mass is 32.1. The van der Waals surface area contributed by atoms with Crippen LogP contribution < -0.4 is 19.7 Å². The zero-order chi connectivity index (χ0) is 24.6. The van der Waals surface area contributed by atoms with E-state index < -0.39 is 11.9 Å². The predicted molar refractivity (Wildman–Crippen MR) is 134 cm³/mol. The van der Waals surface area contributed by atoms with Gasteiger partial charge in [0.05, 0.1) is 20.3 Å². The lowest BCUT2D eigenvalue weighted by Crippen LogP contribution is -2.36. The molecule has 0 radical (unpaired) electrons. The van der Waals surface area contributed by atoms with E-state index in [1.165, 1.54) is 24.5 Å². The van der Waals surface area contributed by atoms with Gasteiger partial charge in [-0.2, -0.15) is 5.26 Å². The van der Waals surface area contributed by atoms with Crippen molar-refractivity contribution in [2.45, 2.75) is 0 Å². The van der Waals surface area contributed by atoms with E-state index in [9.17, 15) is 14.9 Å². The lowest BCUT2D eigenvalue weighted by Gasteiger charge is -2.28. The Morgan fingerprint density at radius 1 is 1.11 bits per heavy atom. The summed E-state index contributed by atoms with van der Waals surface area (Å²) >= 11 is 1.28. The molecule has 9 heteroatoms. The Bertz CT molecular complexity index is 1260. The summed E-state index contributed by atoms with van der Waals surface area (Å²) in [4.78, 5) is 27.6. The minimum Gasteiger partial charge on any atom is -0.493 e. The second-order valence-corrected chi connectivity index (χ2v) is 8.50. The average Bonchev–Trinajstić information content (AvgIpc) is 3.44. The van der Waals surface area contributed by atoms with E-state index in [-0.39, 0.29) is 11.3 Å². The predicted octanol–water partition coefficient (Wildman–Crippen LogP) is 4.36. The van der Waals surface area contributed by atoms with Crippen molar-refractivity contribution in [2.24, 2.45) is 0 Å². The van der Waals surface area contributed by atoms with Gasteiger partial charge in [0.25, 0.3) is 5.91 Å². The summed E-state index contributed by atoms with van der Waals surface area (Å²) in [5, 5.41) is 14.1. The molecule has 0 unspecified atom stereocenters. The highest BCUT2D eigenvalue weighted by Crippen LogP contribution is 2.30. The third-order valence-corrected chi connectivity index (χ3v) is 6.14. The van der Waals surface area contributed by atoms with E-state index in [1.807, 2.05) is 18.2 Å². The van der Waals surface area contributed by atoms with Crippen molar-refractivity contribution < 1.29 is 23.8 Å². The second-order valence-electron chi connectivity index (χ2n) is 7.55. The number of hydrogen-bond acceptors (Lipinski definition) is 8. The van der Waals surface area contributed by atoms with Crippen molar-refractivity contribution in [1.29, 1.82) is 5.26 Å². The Hall–Kier alpha value is -4.13. The van der Waals surface area contributed by atoms with Crippen LogP contribution in [0.1, 0.15) is 15.2 Å². The maximum absolute atomic E-state index is 12.7. The van der Waals surface area contributed by atoms with Gasteiger partial charge in [0.15, 0.2) is 11.5 Å². The quantitative estimate of drug-likeness (QED) is 0.228. The standard InChI is InChI=1S/C26H23N3O5S/c1-32-23-16-18(4-9-22(23)34-26(31)24-3-2-14-35-24)15-19(17-27)25(30)28-20-5-7-21(8-6-20)29-10-12-33-13-11-29/h2-9,14-16H,10-13H2,1H3,(H,28,30)/b19-15+. The number of carbonyl (C=O) groups is 2. The molecule has 1 N–H and O–H groups in total. The molecule has 1 aromatic heterocycles. The van der Waals surface area contributed by atoms with Crippen LogP contribution in [0.15, 0.2) is 65.6 Å². The minimum atomic E-state index is -0.529. The lowest BCUT2D eigenvalue weighted by atomic mass is 10.1. The number of nitrogens with one attached hydrogen (secondary N) is 1. The maximum atomic E-state index is 12.7. The molecule has 1 aliphatic rings. The number of amides is 1. The fourth-order valence-electron chi connectivity index (χ4n) is 3.49. The average molecular weight is 490 g/mol. The number of carbonyl (C=O) groups excluding carboxylic acids is 2. The number of ether oxygens (including phenoxy) is 3. The normalized spacial score (nSPS) is 13.6. The van der Waals surface area contributed by atoms with E-state index in [1.54, 1.807) is 47.8 Å². The van der Waals surface area contributed by atoms with Gasteiger partial charge in [-0.15, -0.1) is 11.3 Å². The summed E-state index contributed by atoms with van der Waals surface area (Å²) in [7, 11) is 1.45. The van der Waals surface area contributed by atoms with Crippen molar-refractivity contribution in [2.75, 3.05) is 43.6 Å².